The van der Waals surface area contributed by atoms with E-state index < -0.39 is 11.6 Å². The minimum Gasteiger partial charge on any atom is -0.497 e. The smallest absolute Gasteiger partial charge is 0.133 e. The first-order valence-corrected chi connectivity index (χ1v) is 4.86. The summed E-state index contributed by atoms with van der Waals surface area (Å²) in [6.07, 6.45) is 0.892. The van der Waals surface area contributed by atoms with Crippen LogP contribution in [0.3, 0.4) is 0 Å². The van der Waals surface area contributed by atoms with Crippen molar-refractivity contribution in [2.45, 2.75) is 25.8 Å². The third-order valence-electron chi connectivity index (χ3n) is 2.34. The van der Waals surface area contributed by atoms with Crippen molar-refractivity contribution < 1.29 is 13.5 Å². The van der Waals surface area contributed by atoms with Crippen LogP contribution in [0.25, 0.3) is 0 Å². The van der Waals surface area contributed by atoms with E-state index >= 15 is 0 Å². The molecule has 0 heterocycles. The Labute approximate surface area is 100 Å². The minimum absolute atomic E-state index is 0. The summed E-state index contributed by atoms with van der Waals surface area (Å²) in [5.41, 5.74) is 5.68. The molecule has 0 aromatic heterocycles. The van der Waals surface area contributed by atoms with Gasteiger partial charge in [0.05, 0.1) is 7.11 Å². The Kier molecular flexibility index (Phi) is 6.29. The van der Waals surface area contributed by atoms with Gasteiger partial charge in [0.15, 0.2) is 0 Å². The van der Waals surface area contributed by atoms with Gasteiger partial charge in [-0.1, -0.05) is 6.92 Å². The lowest BCUT2D eigenvalue weighted by Crippen LogP contribution is -2.22. The van der Waals surface area contributed by atoms with E-state index in [4.69, 9.17) is 10.5 Å². The number of rotatable bonds is 4. The van der Waals surface area contributed by atoms with Gasteiger partial charge in [-0.2, -0.15) is 0 Å². The summed E-state index contributed by atoms with van der Waals surface area (Å²) in [5.74, 6) is -1.02. The molecule has 2 N–H and O–H groups in total. The van der Waals surface area contributed by atoms with E-state index in [1.54, 1.807) is 0 Å². The van der Waals surface area contributed by atoms with E-state index in [9.17, 15) is 8.78 Å². The fraction of sp³-hybridized carbons (Fsp3) is 0.455. The van der Waals surface area contributed by atoms with Gasteiger partial charge in [0.1, 0.15) is 17.4 Å². The maximum absolute atomic E-state index is 13.4. The molecule has 16 heavy (non-hydrogen) atoms. The molecule has 0 saturated carbocycles. The van der Waals surface area contributed by atoms with Crippen molar-refractivity contribution in [3.05, 3.63) is 29.3 Å². The van der Waals surface area contributed by atoms with Crippen LogP contribution in [0.5, 0.6) is 5.75 Å². The van der Waals surface area contributed by atoms with Crippen LogP contribution in [-0.2, 0) is 6.42 Å². The highest BCUT2D eigenvalue weighted by atomic mass is 35.5. The molecule has 0 aliphatic carbocycles. The van der Waals surface area contributed by atoms with Crippen LogP contribution in [0.2, 0.25) is 0 Å². The Morgan fingerprint density at radius 3 is 2.19 bits per heavy atom. The number of ether oxygens (including phenoxy) is 1. The second-order valence-electron chi connectivity index (χ2n) is 3.44. The molecule has 92 valence electrons. The second kappa shape index (κ2) is 6.66. The fourth-order valence-corrected chi connectivity index (χ4v) is 1.30. The summed E-state index contributed by atoms with van der Waals surface area (Å²) in [7, 11) is 1.37. The lowest BCUT2D eigenvalue weighted by molar-refractivity contribution is 0.404. The first kappa shape index (κ1) is 15.1. The number of hydrogen-bond donors (Lipinski definition) is 1. The van der Waals surface area contributed by atoms with Gasteiger partial charge in [0.2, 0.25) is 0 Å². The van der Waals surface area contributed by atoms with Crippen LogP contribution < -0.4 is 10.5 Å². The molecule has 1 atom stereocenters. The third kappa shape index (κ3) is 3.61. The molecule has 0 saturated heterocycles. The van der Waals surface area contributed by atoms with Gasteiger partial charge in [-0.15, -0.1) is 12.4 Å². The van der Waals surface area contributed by atoms with Gasteiger partial charge in [-0.25, -0.2) is 8.78 Å². The lowest BCUT2D eigenvalue weighted by atomic mass is 10.0. The van der Waals surface area contributed by atoms with Crippen molar-refractivity contribution in [2.24, 2.45) is 5.73 Å². The Hall–Kier alpha value is -0.870. The summed E-state index contributed by atoms with van der Waals surface area (Å²) >= 11 is 0. The van der Waals surface area contributed by atoms with Crippen molar-refractivity contribution in [2.75, 3.05) is 7.11 Å². The van der Waals surface area contributed by atoms with Gasteiger partial charge >= 0.3 is 0 Å². The molecule has 0 bridgehead atoms. The van der Waals surface area contributed by atoms with Crippen molar-refractivity contribution in [3.8, 4) is 5.75 Å². The molecule has 5 heteroatoms. The predicted molar refractivity (Wildman–Crippen MR) is 62.1 cm³/mol. The van der Waals surface area contributed by atoms with E-state index in [1.165, 1.54) is 19.2 Å². The summed E-state index contributed by atoms with van der Waals surface area (Å²) < 4.78 is 31.6. The Bertz CT molecular complexity index is 324. The van der Waals surface area contributed by atoms with E-state index in [0.717, 1.165) is 0 Å². The predicted octanol–water partition coefficient (Wildman–Crippen LogP) is 2.68. The molecular weight excluding hydrogens is 236 g/mol. The largest absolute Gasteiger partial charge is 0.497 e. The first-order chi connectivity index (χ1) is 7.08. The average Bonchev–Trinajstić information content (AvgIpc) is 2.22. The quantitative estimate of drug-likeness (QED) is 0.893. The normalized spacial score (nSPS) is 11.8. The minimum atomic E-state index is -0.601. The monoisotopic (exact) mass is 251 g/mol. The van der Waals surface area contributed by atoms with Gasteiger partial charge in [-0.3, -0.25) is 0 Å². The zero-order valence-electron chi connectivity index (χ0n) is 9.30. The Morgan fingerprint density at radius 1 is 1.31 bits per heavy atom. The van der Waals surface area contributed by atoms with E-state index in [0.29, 0.717) is 6.42 Å². The lowest BCUT2D eigenvalue weighted by Gasteiger charge is -2.11. The maximum Gasteiger partial charge on any atom is 0.133 e. The van der Waals surface area contributed by atoms with Crippen LogP contribution in [0.1, 0.15) is 18.9 Å². The number of halogens is 3. The number of benzene rings is 1. The average molecular weight is 252 g/mol. The molecule has 0 spiro atoms. The molecule has 1 aromatic rings. The highest BCUT2D eigenvalue weighted by molar-refractivity contribution is 5.85. The topological polar surface area (TPSA) is 35.2 Å². The standard InChI is InChI=1S/C11H15F2NO.ClH/c1-3-7(14)4-9-10(12)5-8(15-2)6-11(9)13;/h5-7H,3-4,14H2,1-2H3;1H. The summed E-state index contributed by atoms with van der Waals surface area (Å²) in [6, 6.07) is 2.11. The molecule has 2 nitrogen and oxygen atoms in total. The third-order valence-corrected chi connectivity index (χ3v) is 2.34. The van der Waals surface area contributed by atoms with Crippen molar-refractivity contribution >= 4 is 12.4 Å². The highest BCUT2D eigenvalue weighted by Gasteiger charge is 2.13. The van der Waals surface area contributed by atoms with Gasteiger partial charge in [0.25, 0.3) is 0 Å². The molecule has 0 aliphatic heterocycles. The summed E-state index contributed by atoms with van der Waals surface area (Å²) in [4.78, 5) is 0. The van der Waals surface area contributed by atoms with Crippen LogP contribution in [-0.4, -0.2) is 13.2 Å². The van der Waals surface area contributed by atoms with Crippen LogP contribution in [0.4, 0.5) is 8.78 Å². The molecule has 1 aromatic carbocycles. The fourth-order valence-electron chi connectivity index (χ4n) is 1.30. The van der Waals surface area contributed by atoms with Gasteiger partial charge in [-0.05, 0) is 12.8 Å². The highest BCUT2D eigenvalue weighted by Crippen LogP contribution is 2.21. The number of hydrogen-bond acceptors (Lipinski definition) is 2. The molecule has 1 rings (SSSR count). The van der Waals surface area contributed by atoms with Gasteiger partial charge in [0, 0.05) is 23.7 Å². The van der Waals surface area contributed by atoms with Crippen molar-refractivity contribution in [3.63, 3.8) is 0 Å². The molecule has 0 fully saturated rings. The first-order valence-electron chi connectivity index (χ1n) is 4.86. The Balaban J connectivity index is 0.00000225. The molecule has 0 amide bonds. The van der Waals surface area contributed by atoms with Crippen LogP contribution >= 0.6 is 12.4 Å². The summed E-state index contributed by atoms with van der Waals surface area (Å²) in [6.45, 7) is 1.88. The second-order valence-corrected chi connectivity index (χ2v) is 3.44. The molecule has 1 unspecified atom stereocenters. The van der Waals surface area contributed by atoms with Crippen LogP contribution in [0.15, 0.2) is 12.1 Å². The SMILES string of the molecule is CCC(N)Cc1c(F)cc(OC)cc1F.Cl. The van der Waals surface area contributed by atoms with Crippen LogP contribution in [0, 0.1) is 11.6 Å². The Morgan fingerprint density at radius 2 is 1.81 bits per heavy atom. The zero-order chi connectivity index (χ0) is 11.4. The van der Waals surface area contributed by atoms with E-state index in [-0.39, 0.29) is 36.2 Å². The maximum atomic E-state index is 13.4. The summed E-state index contributed by atoms with van der Waals surface area (Å²) in [5, 5.41) is 0. The van der Waals surface area contributed by atoms with E-state index in [2.05, 4.69) is 0 Å². The number of methoxy groups -OCH3 is 1. The van der Waals surface area contributed by atoms with Gasteiger partial charge < -0.3 is 10.5 Å². The molecular formula is C11H16ClF2NO. The van der Waals surface area contributed by atoms with Crippen molar-refractivity contribution in [1.29, 1.82) is 0 Å². The molecule has 0 aliphatic rings. The van der Waals surface area contributed by atoms with E-state index in [1.807, 2.05) is 6.92 Å². The van der Waals surface area contributed by atoms with Crippen molar-refractivity contribution in [1.82, 2.24) is 0 Å². The zero-order valence-corrected chi connectivity index (χ0v) is 10.1. The molecule has 0 radical (unpaired) electrons. The number of nitrogens with two attached hydrogens (primary N) is 1.